The van der Waals surface area contributed by atoms with Crippen LogP contribution in [-0.4, -0.2) is 51.9 Å². The maximum atomic E-state index is 12.1. The number of hydrazine groups is 1. The molecule has 0 saturated carbocycles. The molecule has 3 N–H and O–H groups in total. The van der Waals surface area contributed by atoms with E-state index in [4.69, 9.17) is 10.8 Å². The van der Waals surface area contributed by atoms with Gasteiger partial charge in [-0.2, -0.15) is 0 Å². The molecular formula is C10H15N3O5. The highest BCUT2D eigenvalue weighted by Crippen LogP contribution is 2.24. The van der Waals surface area contributed by atoms with Gasteiger partial charge in [-0.1, -0.05) is 0 Å². The minimum absolute atomic E-state index is 0.184. The van der Waals surface area contributed by atoms with Crippen molar-refractivity contribution in [3.63, 3.8) is 0 Å². The number of carbonyl (C=O) groups is 3. The molecule has 0 aromatic carbocycles. The first kappa shape index (κ1) is 12.6. The van der Waals surface area contributed by atoms with Crippen molar-refractivity contribution in [1.29, 1.82) is 0 Å². The lowest BCUT2D eigenvalue weighted by molar-refractivity contribution is -0.195. The van der Waals surface area contributed by atoms with E-state index in [2.05, 4.69) is 4.74 Å². The molecule has 2 saturated heterocycles. The molecule has 2 aliphatic heterocycles. The first-order valence-electron chi connectivity index (χ1n) is 5.79. The van der Waals surface area contributed by atoms with Crippen LogP contribution in [0.5, 0.6) is 0 Å². The zero-order valence-corrected chi connectivity index (χ0v) is 9.74. The summed E-state index contributed by atoms with van der Waals surface area (Å²) in [5, 5.41) is 11.0. The van der Waals surface area contributed by atoms with Crippen LogP contribution in [0.1, 0.15) is 25.7 Å². The topological polar surface area (TPSA) is 113 Å². The summed E-state index contributed by atoms with van der Waals surface area (Å²) in [4.78, 5) is 34.5. The lowest BCUT2D eigenvalue weighted by Crippen LogP contribution is -2.60. The third kappa shape index (κ3) is 2.23. The van der Waals surface area contributed by atoms with Gasteiger partial charge >= 0.3 is 6.16 Å². The van der Waals surface area contributed by atoms with Crippen LogP contribution in [0.15, 0.2) is 0 Å². The fraction of sp³-hybridized carbons (Fsp3) is 0.700. The molecule has 8 heteroatoms. The first-order valence-corrected chi connectivity index (χ1v) is 5.79. The number of hydrogen-bond acceptors (Lipinski definition) is 5. The van der Waals surface area contributed by atoms with Gasteiger partial charge in [-0.25, -0.2) is 14.8 Å². The highest BCUT2D eigenvalue weighted by molar-refractivity contribution is 5.88. The molecule has 2 fully saturated rings. The second-order valence-electron chi connectivity index (χ2n) is 4.33. The molecule has 0 aromatic heterocycles. The van der Waals surface area contributed by atoms with E-state index in [0.29, 0.717) is 19.4 Å². The maximum Gasteiger partial charge on any atom is 0.507 e. The third-order valence-corrected chi connectivity index (χ3v) is 3.09. The summed E-state index contributed by atoms with van der Waals surface area (Å²) in [7, 11) is 0. The standard InChI is InChI=1S/C10H15N3O5/c11-6-3-4-7(14)12-5-1-2-8(18-10(16)17)13(12)9(6)15/h6,8H,1-5,11H2,(H,16,17). The van der Waals surface area contributed by atoms with Gasteiger partial charge in [-0.3, -0.25) is 9.59 Å². The number of amides is 2. The monoisotopic (exact) mass is 257 g/mol. The number of ether oxygens (including phenoxy) is 1. The van der Waals surface area contributed by atoms with Crippen LogP contribution in [0.3, 0.4) is 0 Å². The van der Waals surface area contributed by atoms with E-state index in [1.165, 1.54) is 5.01 Å². The Morgan fingerprint density at radius 1 is 1.39 bits per heavy atom. The van der Waals surface area contributed by atoms with E-state index in [9.17, 15) is 14.4 Å². The Bertz CT molecular complexity index is 386. The summed E-state index contributed by atoms with van der Waals surface area (Å²) in [6, 6.07) is -0.794. The predicted molar refractivity (Wildman–Crippen MR) is 57.9 cm³/mol. The van der Waals surface area contributed by atoms with Crippen molar-refractivity contribution in [2.75, 3.05) is 6.54 Å². The van der Waals surface area contributed by atoms with E-state index in [1.807, 2.05) is 0 Å². The average molecular weight is 257 g/mol. The van der Waals surface area contributed by atoms with Gasteiger partial charge in [0.2, 0.25) is 5.91 Å². The summed E-state index contributed by atoms with van der Waals surface area (Å²) in [6.45, 7) is 0.386. The number of nitrogens with zero attached hydrogens (tertiary/aromatic N) is 2. The number of hydrogen-bond donors (Lipinski definition) is 2. The Morgan fingerprint density at radius 2 is 2.11 bits per heavy atom. The van der Waals surface area contributed by atoms with Crippen LogP contribution in [-0.2, 0) is 14.3 Å². The normalized spacial score (nSPS) is 28.7. The molecule has 2 amide bonds. The Labute approximate surface area is 103 Å². The summed E-state index contributed by atoms with van der Waals surface area (Å²) < 4.78 is 4.66. The van der Waals surface area contributed by atoms with E-state index in [0.717, 1.165) is 5.01 Å². The van der Waals surface area contributed by atoms with Crippen LogP contribution >= 0.6 is 0 Å². The fourth-order valence-electron chi connectivity index (χ4n) is 2.23. The second kappa shape index (κ2) is 4.81. The van der Waals surface area contributed by atoms with Crippen molar-refractivity contribution in [3.05, 3.63) is 0 Å². The molecule has 2 heterocycles. The zero-order chi connectivity index (χ0) is 13.3. The molecule has 0 radical (unpaired) electrons. The van der Waals surface area contributed by atoms with Crippen molar-refractivity contribution in [2.45, 2.75) is 38.0 Å². The maximum absolute atomic E-state index is 12.1. The fourth-order valence-corrected chi connectivity index (χ4v) is 2.23. The molecule has 2 atom stereocenters. The lowest BCUT2D eigenvalue weighted by Gasteiger charge is -2.41. The SMILES string of the molecule is NC1CCC(=O)N2CCCC(OC(=O)O)N2C1=O. The summed E-state index contributed by atoms with van der Waals surface area (Å²) in [5.74, 6) is -0.693. The van der Waals surface area contributed by atoms with Gasteiger partial charge in [0, 0.05) is 19.4 Å². The summed E-state index contributed by atoms with van der Waals surface area (Å²) in [6.07, 6.45) is -1.03. The number of carbonyl (C=O) groups excluding carboxylic acids is 2. The highest BCUT2D eigenvalue weighted by atomic mass is 16.7. The van der Waals surface area contributed by atoms with E-state index < -0.39 is 24.3 Å². The first-order chi connectivity index (χ1) is 8.50. The number of nitrogens with two attached hydrogens (primary N) is 1. The van der Waals surface area contributed by atoms with Gasteiger partial charge < -0.3 is 15.6 Å². The minimum atomic E-state index is -1.47. The molecule has 0 aliphatic carbocycles. The van der Waals surface area contributed by atoms with Crippen LogP contribution in [0.25, 0.3) is 0 Å². The second-order valence-corrected chi connectivity index (χ2v) is 4.33. The van der Waals surface area contributed by atoms with Crippen molar-refractivity contribution < 1.29 is 24.2 Å². The van der Waals surface area contributed by atoms with E-state index >= 15 is 0 Å². The van der Waals surface area contributed by atoms with Crippen LogP contribution < -0.4 is 5.73 Å². The van der Waals surface area contributed by atoms with Crippen molar-refractivity contribution >= 4 is 18.0 Å². The van der Waals surface area contributed by atoms with Gasteiger partial charge in [0.05, 0.1) is 6.04 Å². The molecule has 0 spiro atoms. The number of rotatable bonds is 1. The van der Waals surface area contributed by atoms with Gasteiger partial charge in [0.25, 0.3) is 5.91 Å². The quantitative estimate of drug-likeness (QED) is 0.612. The summed E-state index contributed by atoms with van der Waals surface area (Å²) in [5.41, 5.74) is 5.67. The number of fused-ring (bicyclic) bond motifs is 1. The Morgan fingerprint density at radius 3 is 2.78 bits per heavy atom. The molecule has 8 nitrogen and oxygen atoms in total. The van der Waals surface area contributed by atoms with Gasteiger partial charge in [0.1, 0.15) is 0 Å². The Kier molecular flexibility index (Phi) is 3.37. The lowest BCUT2D eigenvalue weighted by atomic mass is 10.1. The predicted octanol–water partition coefficient (Wildman–Crippen LogP) is -0.506. The van der Waals surface area contributed by atoms with Crippen molar-refractivity contribution in [3.8, 4) is 0 Å². The largest absolute Gasteiger partial charge is 0.507 e. The minimum Gasteiger partial charge on any atom is -0.450 e. The summed E-state index contributed by atoms with van der Waals surface area (Å²) >= 11 is 0. The third-order valence-electron chi connectivity index (χ3n) is 3.09. The van der Waals surface area contributed by atoms with Crippen LogP contribution in [0, 0.1) is 0 Å². The molecule has 2 rings (SSSR count). The molecule has 18 heavy (non-hydrogen) atoms. The van der Waals surface area contributed by atoms with Crippen LogP contribution in [0.4, 0.5) is 4.79 Å². The zero-order valence-electron chi connectivity index (χ0n) is 9.74. The Hall–Kier alpha value is -1.83. The van der Waals surface area contributed by atoms with Crippen LogP contribution in [0.2, 0.25) is 0 Å². The van der Waals surface area contributed by atoms with Gasteiger partial charge in [-0.05, 0) is 12.8 Å². The molecular weight excluding hydrogens is 242 g/mol. The Balaban J connectivity index is 2.26. The number of carboxylic acid groups (broad SMARTS) is 1. The smallest absolute Gasteiger partial charge is 0.450 e. The molecule has 2 unspecified atom stereocenters. The molecule has 100 valence electrons. The van der Waals surface area contributed by atoms with Gasteiger partial charge in [0.15, 0.2) is 6.23 Å². The molecule has 0 bridgehead atoms. The van der Waals surface area contributed by atoms with Gasteiger partial charge in [-0.15, -0.1) is 0 Å². The van der Waals surface area contributed by atoms with E-state index in [-0.39, 0.29) is 18.7 Å². The molecule has 0 aromatic rings. The van der Waals surface area contributed by atoms with E-state index in [1.54, 1.807) is 0 Å². The molecule has 2 aliphatic rings. The highest BCUT2D eigenvalue weighted by Gasteiger charge is 2.42. The average Bonchev–Trinajstić information content (AvgIpc) is 2.42. The van der Waals surface area contributed by atoms with Crippen molar-refractivity contribution in [2.24, 2.45) is 5.73 Å². The van der Waals surface area contributed by atoms with Crippen molar-refractivity contribution in [1.82, 2.24) is 10.0 Å².